The number of anilines is 1. The summed E-state index contributed by atoms with van der Waals surface area (Å²) in [5, 5.41) is 3.04. The average molecular weight is 326 g/mol. The van der Waals surface area contributed by atoms with Crippen LogP contribution in [-0.2, 0) is 11.2 Å². The summed E-state index contributed by atoms with van der Waals surface area (Å²) in [4.78, 5) is 26.5. The quantitative estimate of drug-likeness (QED) is 0.937. The van der Waals surface area contributed by atoms with Gasteiger partial charge in [0.2, 0.25) is 5.91 Å². The molecule has 0 bridgehead atoms. The molecule has 0 spiro atoms. The van der Waals surface area contributed by atoms with Gasteiger partial charge in [-0.25, -0.2) is 0 Å². The lowest BCUT2D eigenvalue weighted by molar-refractivity contribution is -0.121. The Labute approximate surface area is 141 Å². The van der Waals surface area contributed by atoms with E-state index in [0.717, 1.165) is 17.7 Å². The number of amides is 2. The smallest absolute Gasteiger partial charge is 0.289 e. The number of furan rings is 1. The van der Waals surface area contributed by atoms with Crippen LogP contribution in [0, 0.1) is 5.92 Å². The third-order valence-corrected chi connectivity index (χ3v) is 4.54. The van der Waals surface area contributed by atoms with Gasteiger partial charge in [0.25, 0.3) is 5.91 Å². The maximum atomic E-state index is 12.5. The number of para-hydroxylation sites is 1. The Kier molecular flexibility index (Phi) is 4.99. The van der Waals surface area contributed by atoms with Crippen molar-refractivity contribution in [1.29, 1.82) is 0 Å². The van der Waals surface area contributed by atoms with Crippen molar-refractivity contribution in [2.24, 2.45) is 5.92 Å². The van der Waals surface area contributed by atoms with E-state index in [1.807, 2.05) is 24.3 Å². The molecule has 0 saturated carbocycles. The van der Waals surface area contributed by atoms with Gasteiger partial charge in [-0.05, 0) is 43.0 Å². The predicted molar refractivity (Wildman–Crippen MR) is 91.8 cm³/mol. The second-order valence-corrected chi connectivity index (χ2v) is 6.04. The number of carbonyl (C=O) groups is 2. The maximum absolute atomic E-state index is 12.5. The van der Waals surface area contributed by atoms with Crippen LogP contribution >= 0.6 is 0 Å². The first-order valence-corrected chi connectivity index (χ1v) is 8.40. The number of nitrogens with one attached hydrogen (secondary N) is 1. The molecule has 126 valence electrons. The zero-order valence-corrected chi connectivity index (χ0v) is 13.8. The Morgan fingerprint density at radius 3 is 2.58 bits per heavy atom. The second-order valence-electron chi connectivity index (χ2n) is 6.04. The Bertz CT molecular complexity index is 701. The van der Waals surface area contributed by atoms with Crippen molar-refractivity contribution in [1.82, 2.24) is 4.90 Å². The van der Waals surface area contributed by atoms with Gasteiger partial charge in [0.15, 0.2) is 5.76 Å². The SMILES string of the molecule is CCc1ccccc1NC(=O)C1CCN(C(=O)c2ccco2)CC1. The summed E-state index contributed by atoms with van der Waals surface area (Å²) in [6.07, 6.45) is 3.73. The lowest BCUT2D eigenvalue weighted by atomic mass is 9.95. The molecule has 24 heavy (non-hydrogen) atoms. The molecule has 0 atom stereocenters. The number of aryl methyl sites for hydroxylation is 1. The lowest BCUT2D eigenvalue weighted by Gasteiger charge is -2.30. The van der Waals surface area contributed by atoms with Crippen LogP contribution in [-0.4, -0.2) is 29.8 Å². The van der Waals surface area contributed by atoms with Crippen molar-refractivity contribution in [3.8, 4) is 0 Å². The molecule has 1 N–H and O–H groups in total. The third kappa shape index (κ3) is 3.50. The molecule has 1 aromatic heterocycles. The summed E-state index contributed by atoms with van der Waals surface area (Å²) in [5.41, 5.74) is 2.02. The van der Waals surface area contributed by atoms with Gasteiger partial charge in [-0.15, -0.1) is 0 Å². The molecule has 2 heterocycles. The van der Waals surface area contributed by atoms with Crippen LogP contribution in [0.5, 0.6) is 0 Å². The van der Waals surface area contributed by atoms with E-state index in [-0.39, 0.29) is 17.7 Å². The highest BCUT2D eigenvalue weighted by molar-refractivity contribution is 5.94. The molecular weight excluding hydrogens is 304 g/mol. The summed E-state index contributed by atoms with van der Waals surface area (Å²) in [7, 11) is 0. The summed E-state index contributed by atoms with van der Waals surface area (Å²) >= 11 is 0. The molecule has 3 rings (SSSR count). The standard InChI is InChI=1S/C19H22N2O3/c1-2-14-6-3-4-7-16(14)20-18(22)15-9-11-21(12-10-15)19(23)17-8-5-13-24-17/h3-8,13,15H,2,9-12H2,1H3,(H,20,22). The van der Waals surface area contributed by atoms with Crippen LogP contribution in [0.2, 0.25) is 0 Å². The molecule has 1 aliphatic rings. The van der Waals surface area contributed by atoms with Crippen molar-refractivity contribution in [3.63, 3.8) is 0 Å². The van der Waals surface area contributed by atoms with E-state index in [4.69, 9.17) is 4.42 Å². The molecule has 1 fully saturated rings. The fourth-order valence-electron chi connectivity index (χ4n) is 3.09. The first-order chi connectivity index (χ1) is 11.7. The minimum Gasteiger partial charge on any atom is -0.459 e. The minimum atomic E-state index is -0.102. The molecule has 5 nitrogen and oxygen atoms in total. The number of nitrogens with zero attached hydrogens (tertiary/aromatic N) is 1. The Morgan fingerprint density at radius 1 is 1.17 bits per heavy atom. The van der Waals surface area contributed by atoms with Gasteiger partial charge < -0.3 is 14.6 Å². The Balaban J connectivity index is 1.56. The molecule has 5 heteroatoms. The van der Waals surface area contributed by atoms with Crippen LogP contribution in [0.25, 0.3) is 0 Å². The van der Waals surface area contributed by atoms with Crippen molar-refractivity contribution in [2.75, 3.05) is 18.4 Å². The zero-order chi connectivity index (χ0) is 16.9. The van der Waals surface area contributed by atoms with E-state index in [1.165, 1.54) is 6.26 Å². The highest BCUT2D eigenvalue weighted by atomic mass is 16.3. The summed E-state index contributed by atoms with van der Waals surface area (Å²) in [6, 6.07) is 11.3. The fraction of sp³-hybridized carbons (Fsp3) is 0.368. The minimum absolute atomic E-state index is 0.0426. The van der Waals surface area contributed by atoms with Gasteiger partial charge in [-0.2, -0.15) is 0 Å². The van der Waals surface area contributed by atoms with Gasteiger partial charge in [-0.3, -0.25) is 9.59 Å². The molecule has 0 aliphatic carbocycles. The van der Waals surface area contributed by atoms with E-state index in [1.54, 1.807) is 17.0 Å². The molecule has 0 unspecified atom stereocenters. The zero-order valence-electron chi connectivity index (χ0n) is 13.8. The van der Waals surface area contributed by atoms with Crippen LogP contribution < -0.4 is 5.32 Å². The van der Waals surface area contributed by atoms with Crippen molar-refractivity contribution < 1.29 is 14.0 Å². The Morgan fingerprint density at radius 2 is 1.92 bits per heavy atom. The lowest BCUT2D eigenvalue weighted by Crippen LogP contribution is -2.41. The molecule has 1 aliphatic heterocycles. The molecule has 2 aromatic rings. The van der Waals surface area contributed by atoms with Crippen molar-refractivity contribution in [2.45, 2.75) is 26.2 Å². The largest absolute Gasteiger partial charge is 0.459 e. The maximum Gasteiger partial charge on any atom is 0.289 e. The normalized spacial score (nSPS) is 15.3. The molecule has 1 aromatic carbocycles. The van der Waals surface area contributed by atoms with Gasteiger partial charge in [0.1, 0.15) is 0 Å². The van der Waals surface area contributed by atoms with Crippen LogP contribution in [0.15, 0.2) is 47.1 Å². The van der Waals surface area contributed by atoms with E-state index >= 15 is 0 Å². The number of hydrogen-bond acceptors (Lipinski definition) is 3. The van der Waals surface area contributed by atoms with E-state index in [2.05, 4.69) is 12.2 Å². The monoisotopic (exact) mass is 326 g/mol. The summed E-state index contributed by atoms with van der Waals surface area (Å²) in [5.74, 6) is 0.238. The predicted octanol–water partition coefficient (Wildman–Crippen LogP) is 3.33. The van der Waals surface area contributed by atoms with Gasteiger partial charge in [0, 0.05) is 24.7 Å². The highest BCUT2D eigenvalue weighted by Crippen LogP contribution is 2.22. The third-order valence-electron chi connectivity index (χ3n) is 4.54. The second kappa shape index (κ2) is 7.34. The van der Waals surface area contributed by atoms with Crippen molar-refractivity contribution in [3.05, 3.63) is 54.0 Å². The average Bonchev–Trinajstić information content (AvgIpc) is 3.16. The molecule has 0 radical (unpaired) electrons. The van der Waals surface area contributed by atoms with E-state index in [9.17, 15) is 9.59 Å². The number of benzene rings is 1. The number of rotatable bonds is 4. The number of hydrogen-bond donors (Lipinski definition) is 1. The number of likely N-dealkylation sites (tertiary alicyclic amines) is 1. The number of piperidine rings is 1. The molecular formula is C19H22N2O3. The summed E-state index contributed by atoms with van der Waals surface area (Å²) < 4.78 is 5.16. The highest BCUT2D eigenvalue weighted by Gasteiger charge is 2.28. The van der Waals surface area contributed by atoms with E-state index in [0.29, 0.717) is 31.7 Å². The van der Waals surface area contributed by atoms with Gasteiger partial charge >= 0.3 is 0 Å². The van der Waals surface area contributed by atoms with Gasteiger partial charge in [-0.1, -0.05) is 25.1 Å². The van der Waals surface area contributed by atoms with Crippen LogP contribution in [0.4, 0.5) is 5.69 Å². The topological polar surface area (TPSA) is 62.6 Å². The first kappa shape index (κ1) is 16.3. The van der Waals surface area contributed by atoms with E-state index < -0.39 is 0 Å². The molecule has 1 saturated heterocycles. The van der Waals surface area contributed by atoms with Gasteiger partial charge in [0.05, 0.1) is 6.26 Å². The summed E-state index contributed by atoms with van der Waals surface area (Å²) in [6.45, 7) is 3.23. The molecule has 2 amide bonds. The first-order valence-electron chi connectivity index (χ1n) is 8.40. The fourth-order valence-corrected chi connectivity index (χ4v) is 3.09. The van der Waals surface area contributed by atoms with Crippen LogP contribution in [0.1, 0.15) is 35.9 Å². The van der Waals surface area contributed by atoms with Crippen molar-refractivity contribution >= 4 is 17.5 Å². The number of carbonyl (C=O) groups excluding carboxylic acids is 2. The van der Waals surface area contributed by atoms with Crippen LogP contribution in [0.3, 0.4) is 0 Å². The Hall–Kier alpha value is -2.56.